The first kappa shape index (κ1) is 15.6. The number of amides is 1. The van der Waals surface area contributed by atoms with Crippen molar-refractivity contribution in [1.29, 1.82) is 0 Å². The number of hydrogen-bond donors (Lipinski definition) is 2. The van der Waals surface area contributed by atoms with Gasteiger partial charge in [0.25, 0.3) is 0 Å². The van der Waals surface area contributed by atoms with Crippen LogP contribution in [0, 0.1) is 0 Å². The quantitative estimate of drug-likeness (QED) is 0.831. The first-order valence-corrected chi connectivity index (χ1v) is 7.46. The summed E-state index contributed by atoms with van der Waals surface area (Å²) in [4.78, 5) is 11.0. The van der Waals surface area contributed by atoms with E-state index in [-0.39, 0.29) is 4.90 Å². The topological polar surface area (TPSA) is 83.5 Å². The maximum absolute atomic E-state index is 12.8. The highest BCUT2D eigenvalue weighted by atomic mass is 32.2. The molecule has 0 fully saturated rings. The van der Waals surface area contributed by atoms with E-state index in [4.69, 9.17) is 0 Å². The summed E-state index contributed by atoms with van der Waals surface area (Å²) in [6.45, 7) is 0.302. The summed E-state index contributed by atoms with van der Waals surface area (Å²) in [6, 6.07) is 4.40. The molecule has 0 saturated carbocycles. The lowest BCUT2D eigenvalue weighted by Crippen LogP contribution is -2.39. The molecule has 0 radical (unpaired) electrons. The second kappa shape index (κ2) is 6.12. The van der Waals surface area contributed by atoms with Gasteiger partial charge < -0.3 is 10.4 Å². The van der Waals surface area contributed by atoms with E-state index in [9.17, 15) is 22.7 Å². The fourth-order valence-electron chi connectivity index (χ4n) is 1.61. The molecule has 2 atom stereocenters. The molecule has 7 heteroatoms. The largest absolute Gasteiger partial charge is 0.386 e. The van der Waals surface area contributed by atoms with Crippen LogP contribution in [0.1, 0.15) is 18.6 Å². The second-order valence-corrected chi connectivity index (χ2v) is 6.26. The van der Waals surface area contributed by atoms with E-state index >= 15 is 0 Å². The van der Waals surface area contributed by atoms with Crippen LogP contribution in [0.5, 0.6) is 0 Å². The molecule has 2 N–H and O–H groups in total. The summed E-state index contributed by atoms with van der Waals surface area (Å²) in [6.07, 6.45) is -0.164. The Morgan fingerprint density at radius 2 is 1.89 bits per heavy atom. The van der Waals surface area contributed by atoms with Crippen LogP contribution >= 0.6 is 0 Å². The smallest absolute Gasteiger partial charge is 0.217 e. The molecule has 1 aromatic rings. The molecule has 0 aliphatic carbocycles. The summed E-state index contributed by atoms with van der Waals surface area (Å²) in [5.41, 5.74) is 0.337. The average molecular weight is 289 g/mol. The average Bonchev–Trinajstić information content (AvgIpc) is 2.34. The molecule has 0 aliphatic rings. The first-order chi connectivity index (χ1) is 8.75. The Balaban J connectivity index is 2.93. The predicted molar refractivity (Wildman–Crippen MR) is 68.1 cm³/mol. The number of benzene rings is 1. The van der Waals surface area contributed by atoms with Crippen LogP contribution in [-0.2, 0) is 14.6 Å². The highest BCUT2D eigenvalue weighted by molar-refractivity contribution is 7.90. The highest BCUT2D eigenvalue weighted by Gasteiger charge is 2.22. The number of aliphatic hydroxyl groups excluding tert-OH is 1. The number of halogens is 1. The maximum atomic E-state index is 12.8. The van der Waals surface area contributed by atoms with Crippen molar-refractivity contribution in [3.8, 4) is 0 Å². The number of sulfone groups is 1. The molecule has 0 aromatic heterocycles. The molecule has 0 saturated heterocycles. The van der Waals surface area contributed by atoms with Crippen molar-refractivity contribution in [3.63, 3.8) is 0 Å². The third kappa shape index (κ3) is 4.29. The number of alkyl halides is 1. The van der Waals surface area contributed by atoms with E-state index < -0.39 is 34.6 Å². The van der Waals surface area contributed by atoms with Crippen molar-refractivity contribution in [3.05, 3.63) is 29.8 Å². The van der Waals surface area contributed by atoms with Gasteiger partial charge in [0.1, 0.15) is 12.8 Å². The molecule has 0 aliphatic heterocycles. The van der Waals surface area contributed by atoms with Gasteiger partial charge in [-0.15, -0.1) is 0 Å². The summed E-state index contributed by atoms with van der Waals surface area (Å²) in [5, 5.41) is 12.2. The number of aliphatic hydroxyl groups is 1. The monoisotopic (exact) mass is 289 g/mol. The molecule has 1 amide bonds. The van der Waals surface area contributed by atoms with Gasteiger partial charge in [0, 0.05) is 13.2 Å². The molecular formula is C12H16FNO4S. The normalized spacial score (nSPS) is 14.7. The summed E-state index contributed by atoms with van der Waals surface area (Å²) in [7, 11) is -3.32. The fraction of sp³-hybridized carbons (Fsp3) is 0.417. The van der Waals surface area contributed by atoms with Crippen molar-refractivity contribution in [2.45, 2.75) is 24.0 Å². The maximum Gasteiger partial charge on any atom is 0.217 e. The zero-order valence-electron chi connectivity index (χ0n) is 10.6. The lowest BCUT2D eigenvalue weighted by atomic mass is 10.0. The van der Waals surface area contributed by atoms with E-state index in [1.165, 1.54) is 31.2 Å². The van der Waals surface area contributed by atoms with Gasteiger partial charge in [-0.1, -0.05) is 12.1 Å². The highest BCUT2D eigenvalue weighted by Crippen LogP contribution is 2.19. The summed E-state index contributed by atoms with van der Waals surface area (Å²) < 4.78 is 35.3. The molecule has 1 unspecified atom stereocenters. The van der Waals surface area contributed by atoms with E-state index in [1.54, 1.807) is 0 Å². The Labute approximate surface area is 111 Å². The zero-order chi connectivity index (χ0) is 14.6. The van der Waals surface area contributed by atoms with Crippen LogP contribution in [0.3, 0.4) is 0 Å². The molecule has 106 valence electrons. The van der Waals surface area contributed by atoms with Crippen molar-refractivity contribution in [1.82, 2.24) is 5.32 Å². The molecule has 0 bridgehead atoms. The van der Waals surface area contributed by atoms with Crippen LogP contribution in [0.25, 0.3) is 0 Å². The molecule has 19 heavy (non-hydrogen) atoms. The number of carbonyl (C=O) groups is 1. The van der Waals surface area contributed by atoms with Crippen molar-refractivity contribution in [2.75, 3.05) is 12.9 Å². The minimum absolute atomic E-state index is 0.111. The number of hydrogen-bond acceptors (Lipinski definition) is 4. The van der Waals surface area contributed by atoms with Gasteiger partial charge in [-0.2, -0.15) is 0 Å². The Morgan fingerprint density at radius 3 is 2.26 bits per heavy atom. The lowest BCUT2D eigenvalue weighted by Gasteiger charge is -2.21. The summed E-state index contributed by atoms with van der Waals surface area (Å²) in [5.74, 6) is -0.450. The third-order valence-electron chi connectivity index (χ3n) is 2.59. The van der Waals surface area contributed by atoms with Crippen LogP contribution < -0.4 is 5.32 Å². The number of nitrogens with one attached hydrogen (secondary N) is 1. The van der Waals surface area contributed by atoms with Crippen LogP contribution in [0.4, 0.5) is 4.39 Å². The van der Waals surface area contributed by atoms with Gasteiger partial charge in [-0.05, 0) is 17.7 Å². The Kier molecular flexibility index (Phi) is 5.02. The van der Waals surface area contributed by atoms with Gasteiger partial charge >= 0.3 is 0 Å². The third-order valence-corrected chi connectivity index (χ3v) is 3.71. The van der Waals surface area contributed by atoms with Crippen molar-refractivity contribution >= 4 is 15.7 Å². The number of carbonyl (C=O) groups excluding carboxylic acids is 1. The fourth-order valence-corrected chi connectivity index (χ4v) is 2.24. The van der Waals surface area contributed by atoms with Gasteiger partial charge in [0.2, 0.25) is 5.91 Å². The van der Waals surface area contributed by atoms with Crippen LogP contribution in [0.15, 0.2) is 29.2 Å². The second-order valence-electron chi connectivity index (χ2n) is 4.25. The van der Waals surface area contributed by atoms with E-state index in [2.05, 4.69) is 5.32 Å². The van der Waals surface area contributed by atoms with Crippen molar-refractivity contribution < 1.29 is 22.7 Å². The van der Waals surface area contributed by atoms with Gasteiger partial charge in [0.05, 0.1) is 10.9 Å². The molecular weight excluding hydrogens is 273 g/mol. The van der Waals surface area contributed by atoms with Crippen LogP contribution in [-0.4, -0.2) is 38.4 Å². The van der Waals surface area contributed by atoms with Gasteiger partial charge in [-0.25, -0.2) is 12.8 Å². The van der Waals surface area contributed by atoms with E-state index in [0.29, 0.717) is 5.56 Å². The SMILES string of the molecule is CC(=O)NC(CF)[C@@H](O)c1ccc(S(C)(=O)=O)cc1. The Morgan fingerprint density at radius 1 is 1.37 bits per heavy atom. The standard InChI is InChI=1S/C12H16FNO4S/c1-8(15)14-11(7-13)12(16)9-3-5-10(6-4-9)19(2,17)18/h3-6,11-12,16H,7H2,1-2H3,(H,14,15)/t11?,12-/m0/s1. The van der Waals surface area contributed by atoms with E-state index in [0.717, 1.165) is 6.26 Å². The van der Waals surface area contributed by atoms with Crippen molar-refractivity contribution in [2.24, 2.45) is 0 Å². The molecule has 0 spiro atoms. The summed E-state index contributed by atoms with van der Waals surface area (Å²) >= 11 is 0. The molecule has 1 aromatic carbocycles. The Hall–Kier alpha value is -1.47. The van der Waals surface area contributed by atoms with Crippen LogP contribution in [0.2, 0.25) is 0 Å². The first-order valence-electron chi connectivity index (χ1n) is 5.57. The zero-order valence-corrected chi connectivity index (χ0v) is 11.4. The van der Waals surface area contributed by atoms with Gasteiger partial charge in [-0.3, -0.25) is 4.79 Å². The molecule has 5 nitrogen and oxygen atoms in total. The van der Waals surface area contributed by atoms with Gasteiger partial charge in [0.15, 0.2) is 9.84 Å². The lowest BCUT2D eigenvalue weighted by molar-refractivity contribution is -0.120. The molecule has 1 rings (SSSR count). The molecule has 0 heterocycles. The number of rotatable bonds is 5. The minimum atomic E-state index is -3.32. The predicted octanol–water partition coefficient (Wildman–Crippen LogP) is 0.598. The minimum Gasteiger partial charge on any atom is -0.386 e. The Bertz CT molecular complexity index is 541. The van der Waals surface area contributed by atoms with E-state index in [1.807, 2.05) is 0 Å².